The highest BCUT2D eigenvalue weighted by Gasteiger charge is 2.17. The fourth-order valence-electron chi connectivity index (χ4n) is 1.67. The third kappa shape index (κ3) is 1.80. The van der Waals surface area contributed by atoms with E-state index < -0.39 is 0 Å². The number of rotatable bonds is 2. The van der Waals surface area contributed by atoms with E-state index >= 15 is 0 Å². The van der Waals surface area contributed by atoms with Crippen LogP contribution in [0.3, 0.4) is 0 Å². The molecule has 0 heterocycles. The zero-order chi connectivity index (χ0) is 10.0. The Morgan fingerprint density at radius 2 is 2.23 bits per heavy atom. The van der Waals surface area contributed by atoms with Crippen LogP contribution in [0.15, 0.2) is 35.5 Å². The van der Waals surface area contributed by atoms with Gasteiger partial charge in [-0.1, -0.05) is 25.7 Å². The Hall–Kier alpha value is -1.11. The number of allylic oxidation sites excluding steroid dienone is 5. The molecule has 0 aliphatic heterocycles. The van der Waals surface area contributed by atoms with Gasteiger partial charge in [0.05, 0.1) is 0 Å². The summed E-state index contributed by atoms with van der Waals surface area (Å²) in [5, 5.41) is 0. The minimum absolute atomic E-state index is 0.129. The van der Waals surface area contributed by atoms with Gasteiger partial charge in [0, 0.05) is 11.5 Å². The second-order valence-corrected chi connectivity index (χ2v) is 3.49. The summed E-state index contributed by atoms with van der Waals surface area (Å²) in [4.78, 5) is 11.2. The van der Waals surface area contributed by atoms with Gasteiger partial charge in [-0.2, -0.15) is 0 Å². The average Bonchev–Trinajstić information content (AvgIpc) is 2.09. The van der Waals surface area contributed by atoms with E-state index in [9.17, 15) is 4.79 Å². The Morgan fingerprint density at radius 1 is 1.62 bits per heavy atom. The Bertz CT molecular complexity index is 305. The normalized spacial score (nSPS) is 22.4. The van der Waals surface area contributed by atoms with Gasteiger partial charge >= 0.3 is 0 Å². The number of hydrogen-bond donors (Lipinski definition) is 0. The Labute approximate surface area is 79.8 Å². The van der Waals surface area contributed by atoms with Gasteiger partial charge in [0.15, 0.2) is 5.78 Å². The van der Waals surface area contributed by atoms with Gasteiger partial charge in [-0.15, -0.1) is 0 Å². The van der Waals surface area contributed by atoms with Gasteiger partial charge in [0.25, 0.3) is 0 Å². The summed E-state index contributed by atoms with van der Waals surface area (Å²) >= 11 is 0. The first-order chi connectivity index (χ1) is 6.07. The largest absolute Gasteiger partial charge is 0.295 e. The first-order valence-corrected chi connectivity index (χ1v) is 4.67. The number of carbonyl (C=O) groups excluding carboxylic acids is 1. The van der Waals surface area contributed by atoms with E-state index in [1.54, 1.807) is 6.92 Å². The summed E-state index contributed by atoms with van der Waals surface area (Å²) in [6, 6.07) is 0. The number of carbonyl (C=O) groups is 1. The van der Waals surface area contributed by atoms with Crippen LogP contribution in [0.4, 0.5) is 0 Å². The SMILES string of the molecule is C=C1C(C)=C(C(C)=O)C=CC1CC. The minimum Gasteiger partial charge on any atom is -0.295 e. The zero-order valence-electron chi connectivity index (χ0n) is 8.55. The van der Waals surface area contributed by atoms with Crippen LogP contribution in [0.25, 0.3) is 0 Å². The number of Topliss-reactive ketones (excluding diaryl/α,β-unsaturated/α-hetero) is 1. The molecule has 0 saturated carbocycles. The number of ketones is 1. The van der Waals surface area contributed by atoms with Crippen molar-refractivity contribution in [2.45, 2.75) is 27.2 Å². The topological polar surface area (TPSA) is 17.1 Å². The molecule has 0 amide bonds. The molecular weight excluding hydrogens is 160 g/mol. The van der Waals surface area contributed by atoms with Crippen molar-refractivity contribution < 1.29 is 4.79 Å². The standard InChI is InChI=1S/C12H16O/c1-5-11-6-7-12(10(4)13)9(3)8(11)2/h6-7,11H,2,5H2,1,3-4H3. The van der Waals surface area contributed by atoms with Crippen LogP contribution in [0.2, 0.25) is 0 Å². The molecule has 1 aliphatic carbocycles. The molecule has 1 atom stereocenters. The van der Waals surface area contributed by atoms with E-state index in [0.717, 1.165) is 23.1 Å². The monoisotopic (exact) mass is 176 g/mol. The van der Waals surface area contributed by atoms with Crippen LogP contribution in [-0.4, -0.2) is 5.78 Å². The summed E-state index contributed by atoms with van der Waals surface area (Å²) in [6.07, 6.45) is 5.06. The molecule has 0 spiro atoms. The lowest BCUT2D eigenvalue weighted by atomic mass is 9.84. The Balaban J connectivity index is 3.04. The zero-order valence-corrected chi connectivity index (χ0v) is 8.55. The van der Waals surface area contributed by atoms with Gasteiger partial charge in [0.2, 0.25) is 0 Å². The maximum Gasteiger partial charge on any atom is 0.160 e. The van der Waals surface area contributed by atoms with Gasteiger partial charge in [0.1, 0.15) is 0 Å². The molecule has 13 heavy (non-hydrogen) atoms. The van der Waals surface area contributed by atoms with Crippen LogP contribution < -0.4 is 0 Å². The van der Waals surface area contributed by atoms with Crippen molar-refractivity contribution in [3.63, 3.8) is 0 Å². The van der Waals surface area contributed by atoms with E-state index in [1.807, 2.05) is 13.0 Å². The van der Waals surface area contributed by atoms with E-state index in [1.165, 1.54) is 0 Å². The molecule has 70 valence electrons. The van der Waals surface area contributed by atoms with Crippen molar-refractivity contribution in [3.8, 4) is 0 Å². The van der Waals surface area contributed by atoms with E-state index in [-0.39, 0.29) is 5.78 Å². The third-order valence-electron chi connectivity index (χ3n) is 2.65. The Kier molecular flexibility index (Phi) is 2.86. The molecule has 1 aliphatic rings. The van der Waals surface area contributed by atoms with E-state index in [0.29, 0.717) is 5.92 Å². The van der Waals surface area contributed by atoms with Crippen molar-refractivity contribution >= 4 is 5.78 Å². The predicted molar refractivity (Wildman–Crippen MR) is 55.4 cm³/mol. The molecule has 0 saturated heterocycles. The summed E-state index contributed by atoms with van der Waals surface area (Å²) in [6.45, 7) is 9.73. The number of hydrogen-bond acceptors (Lipinski definition) is 1. The van der Waals surface area contributed by atoms with Gasteiger partial charge in [-0.05, 0) is 31.4 Å². The highest BCUT2D eigenvalue weighted by molar-refractivity contribution is 5.98. The molecule has 0 aromatic heterocycles. The van der Waals surface area contributed by atoms with Crippen LogP contribution in [0.5, 0.6) is 0 Å². The van der Waals surface area contributed by atoms with E-state index in [4.69, 9.17) is 0 Å². The molecule has 1 nitrogen and oxygen atoms in total. The van der Waals surface area contributed by atoms with Crippen molar-refractivity contribution in [1.82, 2.24) is 0 Å². The molecule has 0 radical (unpaired) electrons. The van der Waals surface area contributed by atoms with Crippen LogP contribution in [0, 0.1) is 5.92 Å². The second kappa shape index (κ2) is 3.73. The fraction of sp³-hybridized carbons (Fsp3) is 0.417. The molecule has 0 aromatic carbocycles. The quantitative estimate of drug-likeness (QED) is 0.632. The second-order valence-electron chi connectivity index (χ2n) is 3.49. The third-order valence-corrected chi connectivity index (χ3v) is 2.65. The molecule has 0 aromatic rings. The predicted octanol–water partition coefficient (Wildman–Crippen LogP) is 3.04. The van der Waals surface area contributed by atoms with Gasteiger partial charge < -0.3 is 0 Å². The summed E-state index contributed by atoms with van der Waals surface area (Å²) in [7, 11) is 0. The van der Waals surface area contributed by atoms with E-state index in [2.05, 4.69) is 19.6 Å². The van der Waals surface area contributed by atoms with Crippen LogP contribution >= 0.6 is 0 Å². The lowest BCUT2D eigenvalue weighted by Gasteiger charge is -2.20. The highest BCUT2D eigenvalue weighted by atomic mass is 16.1. The fourth-order valence-corrected chi connectivity index (χ4v) is 1.67. The van der Waals surface area contributed by atoms with Crippen molar-refractivity contribution in [3.05, 3.63) is 35.5 Å². The lowest BCUT2D eigenvalue weighted by Crippen LogP contribution is -2.09. The molecule has 0 fully saturated rings. The first kappa shape index (κ1) is 9.97. The lowest BCUT2D eigenvalue weighted by molar-refractivity contribution is -0.113. The molecule has 0 bridgehead atoms. The molecule has 1 unspecified atom stereocenters. The van der Waals surface area contributed by atoms with Crippen molar-refractivity contribution in [1.29, 1.82) is 0 Å². The minimum atomic E-state index is 0.129. The van der Waals surface area contributed by atoms with Gasteiger partial charge in [-0.3, -0.25) is 4.79 Å². The van der Waals surface area contributed by atoms with Crippen LogP contribution in [-0.2, 0) is 4.79 Å². The highest BCUT2D eigenvalue weighted by Crippen LogP contribution is 2.29. The summed E-state index contributed by atoms with van der Waals surface area (Å²) < 4.78 is 0. The molecular formula is C12H16O. The van der Waals surface area contributed by atoms with Crippen molar-refractivity contribution in [2.75, 3.05) is 0 Å². The smallest absolute Gasteiger partial charge is 0.160 e. The summed E-state index contributed by atoms with van der Waals surface area (Å²) in [5.41, 5.74) is 2.96. The molecule has 1 heteroatoms. The maximum atomic E-state index is 11.2. The van der Waals surface area contributed by atoms with Crippen LogP contribution in [0.1, 0.15) is 27.2 Å². The maximum absolute atomic E-state index is 11.2. The molecule has 1 rings (SSSR count). The summed E-state index contributed by atoms with van der Waals surface area (Å²) in [5.74, 6) is 0.549. The van der Waals surface area contributed by atoms with Gasteiger partial charge in [-0.25, -0.2) is 0 Å². The Morgan fingerprint density at radius 3 is 2.69 bits per heavy atom. The average molecular weight is 176 g/mol. The molecule has 0 N–H and O–H groups in total. The van der Waals surface area contributed by atoms with Crippen molar-refractivity contribution in [2.24, 2.45) is 5.92 Å². The first-order valence-electron chi connectivity index (χ1n) is 4.67.